The number of nitrogens with zero attached hydrogens (tertiary/aromatic N) is 1. The highest BCUT2D eigenvalue weighted by molar-refractivity contribution is 5.94. The van der Waals surface area contributed by atoms with Crippen molar-refractivity contribution in [2.24, 2.45) is 0 Å². The molecule has 2 saturated heterocycles. The molecule has 3 N–H and O–H groups in total. The number of aliphatic hydroxyl groups is 2. The lowest BCUT2D eigenvalue weighted by atomic mass is 10.1. The van der Waals surface area contributed by atoms with Crippen LogP contribution in [0.2, 0.25) is 0 Å². The first-order valence-electron chi connectivity index (χ1n) is 6.62. The lowest BCUT2D eigenvalue weighted by molar-refractivity contribution is -0.135. The fourth-order valence-electron chi connectivity index (χ4n) is 2.62. The Morgan fingerprint density at radius 3 is 3.00 bits per heavy atom. The Hall–Kier alpha value is -1.19. The van der Waals surface area contributed by atoms with Gasteiger partial charge in [-0.3, -0.25) is 4.79 Å². The van der Waals surface area contributed by atoms with E-state index in [1.807, 2.05) is 6.92 Å². The number of amides is 1. The van der Waals surface area contributed by atoms with Gasteiger partial charge >= 0.3 is 0 Å². The number of fused-ring (bicyclic) bond motifs is 3. The second kappa shape index (κ2) is 5.30. The number of carbonyl (C=O) groups excluding carboxylic acids is 1. The van der Waals surface area contributed by atoms with E-state index in [9.17, 15) is 9.90 Å². The zero-order valence-electron chi connectivity index (χ0n) is 11.1. The van der Waals surface area contributed by atoms with E-state index in [-0.39, 0.29) is 19.1 Å². The normalized spacial score (nSPS) is 39.4. The van der Waals surface area contributed by atoms with Crippen molar-refractivity contribution in [1.29, 1.82) is 0 Å². The van der Waals surface area contributed by atoms with Gasteiger partial charge in [0, 0.05) is 12.8 Å². The number of hydrogen-bond donors (Lipinski definition) is 3. The Labute approximate surface area is 115 Å². The SMILES string of the molecule is CCOCC1=CN2C(NC1=O)O[C@H]1[C@H](O)[C@@H](CO)O[C@H]12. The molecule has 20 heavy (non-hydrogen) atoms. The van der Waals surface area contributed by atoms with E-state index in [2.05, 4.69) is 5.32 Å². The third-order valence-electron chi connectivity index (χ3n) is 3.66. The quantitative estimate of drug-likeness (QED) is 0.555. The van der Waals surface area contributed by atoms with Crippen LogP contribution in [0.4, 0.5) is 0 Å². The molecule has 1 amide bonds. The Morgan fingerprint density at radius 1 is 1.50 bits per heavy atom. The van der Waals surface area contributed by atoms with Gasteiger partial charge in [0.2, 0.25) is 6.35 Å². The van der Waals surface area contributed by atoms with E-state index < -0.39 is 30.9 Å². The molecule has 2 fully saturated rings. The highest BCUT2D eigenvalue weighted by Crippen LogP contribution is 2.35. The summed E-state index contributed by atoms with van der Waals surface area (Å²) in [6, 6.07) is 0. The summed E-state index contributed by atoms with van der Waals surface area (Å²) in [6.45, 7) is 2.28. The molecule has 0 aromatic rings. The Kier molecular flexibility index (Phi) is 3.65. The predicted molar refractivity (Wildman–Crippen MR) is 65.0 cm³/mol. The monoisotopic (exact) mass is 286 g/mol. The minimum atomic E-state index is -0.920. The molecule has 1 unspecified atom stereocenters. The van der Waals surface area contributed by atoms with Crippen molar-refractivity contribution in [3.8, 4) is 0 Å². The van der Waals surface area contributed by atoms with Crippen molar-refractivity contribution < 1.29 is 29.2 Å². The first-order valence-corrected chi connectivity index (χ1v) is 6.62. The second-order valence-corrected chi connectivity index (χ2v) is 4.90. The van der Waals surface area contributed by atoms with Gasteiger partial charge in [0.15, 0.2) is 6.23 Å². The van der Waals surface area contributed by atoms with Crippen molar-refractivity contribution in [2.75, 3.05) is 19.8 Å². The van der Waals surface area contributed by atoms with E-state index in [1.54, 1.807) is 11.1 Å². The van der Waals surface area contributed by atoms with Crippen molar-refractivity contribution in [2.45, 2.75) is 37.8 Å². The Balaban J connectivity index is 1.78. The van der Waals surface area contributed by atoms with Crippen LogP contribution in [0, 0.1) is 0 Å². The summed E-state index contributed by atoms with van der Waals surface area (Å²) in [7, 11) is 0. The van der Waals surface area contributed by atoms with E-state index in [4.69, 9.17) is 19.3 Å². The average Bonchev–Trinajstić information content (AvgIpc) is 2.93. The summed E-state index contributed by atoms with van der Waals surface area (Å²) < 4.78 is 16.4. The summed E-state index contributed by atoms with van der Waals surface area (Å²) in [6.07, 6.45) is -1.73. The molecule has 8 heteroatoms. The van der Waals surface area contributed by atoms with E-state index in [1.165, 1.54) is 0 Å². The summed E-state index contributed by atoms with van der Waals surface area (Å²) in [5.74, 6) is -0.257. The molecule has 0 bridgehead atoms. The molecule has 0 aromatic carbocycles. The maximum absolute atomic E-state index is 11.9. The van der Waals surface area contributed by atoms with Crippen LogP contribution in [0.5, 0.6) is 0 Å². The average molecular weight is 286 g/mol. The number of hydrogen-bond acceptors (Lipinski definition) is 7. The molecule has 0 spiro atoms. The molecule has 0 aromatic heterocycles. The van der Waals surface area contributed by atoms with Crippen molar-refractivity contribution in [1.82, 2.24) is 10.2 Å². The van der Waals surface area contributed by atoms with Crippen LogP contribution in [-0.4, -0.2) is 71.7 Å². The molecule has 3 aliphatic heterocycles. The number of ether oxygens (including phenoxy) is 3. The number of aliphatic hydroxyl groups excluding tert-OH is 2. The van der Waals surface area contributed by atoms with Gasteiger partial charge in [0.25, 0.3) is 5.91 Å². The molecular weight excluding hydrogens is 268 g/mol. The summed E-state index contributed by atoms with van der Waals surface area (Å²) in [5.41, 5.74) is 0.470. The number of nitrogens with one attached hydrogen (secondary N) is 1. The topological polar surface area (TPSA) is 100 Å². The van der Waals surface area contributed by atoms with Gasteiger partial charge in [-0.2, -0.15) is 0 Å². The summed E-state index contributed by atoms with van der Waals surface area (Å²) >= 11 is 0. The third kappa shape index (κ3) is 2.09. The second-order valence-electron chi connectivity index (χ2n) is 4.90. The van der Waals surface area contributed by atoms with Crippen LogP contribution in [0.1, 0.15) is 6.92 Å². The molecule has 0 radical (unpaired) electrons. The van der Waals surface area contributed by atoms with Gasteiger partial charge in [-0.15, -0.1) is 0 Å². The van der Waals surface area contributed by atoms with Crippen LogP contribution in [0.3, 0.4) is 0 Å². The summed E-state index contributed by atoms with van der Waals surface area (Å²) in [5, 5.41) is 21.8. The number of carbonyl (C=O) groups is 1. The van der Waals surface area contributed by atoms with Crippen LogP contribution >= 0.6 is 0 Å². The Morgan fingerprint density at radius 2 is 2.30 bits per heavy atom. The minimum Gasteiger partial charge on any atom is -0.394 e. The molecule has 5 atom stereocenters. The van der Waals surface area contributed by atoms with Gasteiger partial charge in [-0.1, -0.05) is 0 Å². The lowest BCUT2D eigenvalue weighted by Gasteiger charge is -2.31. The van der Waals surface area contributed by atoms with Crippen molar-refractivity contribution in [3.63, 3.8) is 0 Å². The minimum absolute atomic E-state index is 0.203. The molecule has 3 heterocycles. The third-order valence-corrected chi connectivity index (χ3v) is 3.66. The largest absolute Gasteiger partial charge is 0.394 e. The maximum Gasteiger partial charge on any atom is 0.254 e. The van der Waals surface area contributed by atoms with Crippen LogP contribution in [0.25, 0.3) is 0 Å². The molecule has 0 saturated carbocycles. The van der Waals surface area contributed by atoms with Gasteiger partial charge < -0.3 is 34.6 Å². The van der Waals surface area contributed by atoms with E-state index >= 15 is 0 Å². The Bertz CT molecular complexity index is 428. The first kappa shape index (κ1) is 13.8. The molecule has 8 nitrogen and oxygen atoms in total. The highest BCUT2D eigenvalue weighted by Gasteiger charge is 2.55. The molecule has 3 rings (SSSR count). The smallest absolute Gasteiger partial charge is 0.254 e. The van der Waals surface area contributed by atoms with Gasteiger partial charge in [-0.05, 0) is 6.92 Å². The maximum atomic E-state index is 11.9. The fraction of sp³-hybridized carbons (Fsp3) is 0.750. The van der Waals surface area contributed by atoms with Crippen LogP contribution in [0.15, 0.2) is 11.8 Å². The van der Waals surface area contributed by atoms with Crippen LogP contribution < -0.4 is 5.32 Å². The predicted octanol–water partition coefficient (Wildman–Crippen LogP) is -1.90. The standard InChI is InChI=1S/C12H18N2O6/c1-2-18-5-6-3-14-11-9(8(16)7(4-15)19-11)20-12(14)13-10(6)17/h3,7-9,11-12,15-16H,2,4-5H2,1H3,(H,13,17)/t7-,8-,9+,11-,12?/m1/s1. The molecule has 3 aliphatic rings. The fourth-order valence-corrected chi connectivity index (χ4v) is 2.62. The van der Waals surface area contributed by atoms with Crippen molar-refractivity contribution in [3.05, 3.63) is 11.8 Å². The lowest BCUT2D eigenvalue weighted by Crippen LogP contribution is -2.51. The highest BCUT2D eigenvalue weighted by atomic mass is 16.6. The molecular formula is C12H18N2O6. The van der Waals surface area contributed by atoms with Crippen LogP contribution in [-0.2, 0) is 19.0 Å². The van der Waals surface area contributed by atoms with Gasteiger partial charge in [-0.25, -0.2) is 0 Å². The zero-order chi connectivity index (χ0) is 14.3. The van der Waals surface area contributed by atoms with E-state index in [0.29, 0.717) is 12.2 Å². The molecule has 112 valence electrons. The van der Waals surface area contributed by atoms with Crippen molar-refractivity contribution >= 4 is 5.91 Å². The summed E-state index contributed by atoms with van der Waals surface area (Å²) in [4.78, 5) is 13.5. The van der Waals surface area contributed by atoms with Gasteiger partial charge in [0.05, 0.1) is 18.8 Å². The van der Waals surface area contributed by atoms with E-state index in [0.717, 1.165) is 0 Å². The number of rotatable bonds is 4. The first-order chi connectivity index (χ1) is 9.65. The zero-order valence-corrected chi connectivity index (χ0v) is 11.1. The molecule has 0 aliphatic carbocycles. The van der Waals surface area contributed by atoms with Gasteiger partial charge in [0.1, 0.15) is 18.3 Å².